The highest BCUT2D eigenvalue weighted by Crippen LogP contribution is 2.34. The molecule has 7 rings (SSSR count). The molecule has 2 aliphatic heterocycles. The molecule has 2 saturated heterocycles. The van der Waals surface area contributed by atoms with E-state index in [1.807, 2.05) is 87.3 Å². The van der Waals surface area contributed by atoms with Crippen LogP contribution >= 0.6 is 0 Å². The third-order valence-corrected chi connectivity index (χ3v) is 11.0. The summed E-state index contributed by atoms with van der Waals surface area (Å²) in [6.45, 7) is 8.85. The van der Waals surface area contributed by atoms with E-state index >= 15 is 0 Å². The van der Waals surface area contributed by atoms with Gasteiger partial charge in [0, 0.05) is 47.6 Å². The number of H-pyrrole nitrogens is 2. The third-order valence-electron chi connectivity index (χ3n) is 11.0. The second-order valence-corrected chi connectivity index (χ2v) is 15.6. The fraction of sp³-hybridized carbons (Fsp3) is 0.386. The number of amides is 4. The van der Waals surface area contributed by atoms with Crippen molar-refractivity contribution in [2.75, 3.05) is 20.2 Å². The van der Waals surface area contributed by atoms with E-state index in [2.05, 4.69) is 37.4 Å². The number of imidazole rings is 2. The van der Waals surface area contributed by atoms with E-state index in [9.17, 15) is 19.2 Å². The molecule has 14 nitrogen and oxygen atoms in total. The van der Waals surface area contributed by atoms with Crippen molar-refractivity contribution < 1.29 is 23.9 Å². The number of alkyl carbamates (subject to hydrolysis) is 1. The molecule has 58 heavy (non-hydrogen) atoms. The number of nitrogens with zero attached hydrogens (tertiary/aromatic N) is 5. The van der Waals surface area contributed by atoms with Crippen LogP contribution in [0, 0.1) is 23.7 Å². The number of hydrogen-bond acceptors (Lipinski definition) is 8. The Bertz CT molecular complexity index is 2360. The van der Waals surface area contributed by atoms with E-state index in [0.29, 0.717) is 25.3 Å². The summed E-state index contributed by atoms with van der Waals surface area (Å²) in [7, 11) is 1.29. The van der Waals surface area contributed by atoms with E-state index in [4.69, 9.17) is 14.7 Å². The Kier molecular flexibility index (Phi) is 11.9. The van der Waals surface area contributed by atoms with Crippen molar-refractivity contribution in [2.24, 2.45) is 11.8 Å². The summed E-state index contributed by atoms with van der Waals surface area (Å²) in [4.78, 5) is 74.5. The van der Waals surface area contributed by atoms with E-state index < -0.39 is 18.2 Å². The number of ether oxygens (including phenoxy) is 1. The number of benzene rings is 2. The molecule has 14 heteroatoms. The maximum absolute atomic E-state index is 13.5. The fourth-order valence-corrected chi connectivity index (χ4v) is 7.83. The molecule has 0 saturated carbocycles. The van der Waals surface area contributed by atoms with Gasteiger partial charge in [0.05, 0.1) is 42.3 Å². The number of hydrogen-bond donors (Lipinski definition) is 4. The van der Waals surface area contributed by atoms with E-state index in [1.54, 1.807) is 17.3 Å². The maximum Gasteiger partial charge on any atom is 0.407 e. The van der Waals surface area contributed by atoms with E-state index in [-0.39, 0.29) is 35.7 Å². The normalized spacial score (nSPS) is 17.6. The highest BCUT2D eigenvalue weighted by Gasteiger charge is 2.38. The zero-order chi connectivity index (χ0) is 40.9. The van der Waals surface area contributed by atoms with Crippen molar-refractivity contribution in [3.05, 3.63) is 89.9 Å². The van der Waals surface area contributed by atoms with Crippen LogP contribution in [0.5, 0.6) is 0 Å². The summed E-state index contributed by atoms with van der Waals surface area (Å²) in [6.07, 6.45) is 8.68. The van der Waals surface area contributed by atoms with E-state index in [1.165, 1.54) is 7.11 Å². The Labute approximate surface area is 337 Å². The lowest BCUT2D eigenvalue weighted by molar-refractivity contribution is -0.137. The van der Waals surface area contributed by atoms with Crippen LogP contribution in [0.2, 0.25) is 0 Å². The Morgan fingerprint density at radius 1 is 0.828 bits per heavy atom. The molecule has 4 atom stereocenters. The minimum Gasteiger partial charge on any atom is -0.453 e. The summed E-state index contributed by atoms with van der Waals surface area (Å²) in [5.41, 5.74) is 5.90. The van der Waals surface area contributed by atoms with Crippen molar-refractivity contribution in [1.29, 1.82) is 0 Å². The van der Waals surface area contributed by atoms with Gasteiger partial charge in [0.15, 0.2) is 0 Å². The van der Waals surface area contributed by atoms with Crippen LogP contribution in [0.1, 0.15) is 88.2 Å². The number of fused-ring (bicyclic) bond motifs is 1. The smallest absolute Gasteiger partial charge is 0.407 e. The van der Waals surface area contributed by atoms with Crippen LogP contribution in [0.15, 0.2) is 67.1 Å². The molecule has 4 amide bonds. The third kappa shape index (κ3) is 8.44. The molecule has 4 N–H and O–H groups in total. The summed E-state index contributed by atoms with van der Waals surface area (Å²) in [5, 5.41) is 6.33. The first-order valence-electron chi connectivity index (χ1n) is 19.8. The van der Waals surface area contributed by atoms with Crippen LogP contribution in [0.4, 0.5) is 4.79 Å². The second-order valence-electron chi connectivity index (χ2n) is 15.6. The molecular formula is C44H49N9O5. The molecule has 2 aliphatic rings. The quantitative estimate of drug-likeness (QED) is 0.0946. The zero-order valence-corrected chi connectivity index (χ0v) is 33.4. The van der Waals surface area contributed by atoms with Gasteiger partial charge in [0.1, 0.15) is 23.7 Å². The van der Waals surface area contributed by atoms with Gasteiger partial charge < -0.3 is 35.1 Å². The molecule has 3 aromatic heterocycles. The maximum atomic E-state index is 13.5. The zero-order valence-electron chi connectivity index (χ0n) is 33.4. The first-order valence-corrected chi connectivity index (χ1v) is 19.8. The Morgan fingerprint density at radius 2 is 1.48 bits per heavy atom. The van der Waals surface area contributed by atoms with Gasteiger partial charge in [0.2, 0.25) is 18.2 Å². The lowest BCUT2D eigenvalue weighted by Crippen LogP contribution is -2.51. The minimum atomic E-state index is -0.690. The van der Waals surface area contributed by atoms with Crippen LogP contribution in [0.25, 0.3) is 33.4 Å². The first kappa shape index (κ1) is 39.7. The molecule has 0 unspecified atom stereocenters. The topological polar surface area (TPSA) is 178 Å². The molecule has 5 heterocycles. The van der Waals surface area contributed by atoms with E-state index in [0.717, 1.165) is 76.1 Å². The predicted molar refractivity (Wildman–Crippen MR) is 219 cm³/mol. The van der Waals surface area contributed by atoms with Gasteiger partial charge in [-0.05, 0) is 73.4 Å². The number of pyridine rings is 1. The minimum absolute atomic E-state index is 0.0308. The van der Waals surface area contributed by atoms with Crippen LogP contribution < -0.4 is 10.6 Å². The van der Waals surface area contributed by atoms with Gasteiger partial charge >= 0.3 is 6.09 Å². The molecule has 0 radical (unpaired) electrons. The highest BCUT2D eigenvalue weighted by molar-refractivity contribution is 5.87. The molecule has 5 aromatic rings. The van der Waals surface area contributed by atoms with Crippen molar-refractivity contribution in [1.82, 2.24) is 45.4 Å². The average molecular weight is 784 g/mol. The van der Waals surface area contributed by atoms with Gasteiger partial charge in [0.25, 0.3) is 0 Å². The fourth-order valence-electron chi connectivity index (χ4n) is 7.83. The summed E-state index contributed by atoms with van der Waals surface area (Å²) in [6, 6.07) is 14.3. The Hall–Kier alpha value is -6.49. The SMILES string of the molecule is COC(=O)N[C@H](C(=O)N1CCC[C@H]1c1ncc(-c2ccc(C#Cc3ccc4cc(-c5c[nH]c([C@@H]6CCCN6C(=O)[C@@H](NC=O)C(C)C)n5)cnc4c3)cc2)[nH]1)C(C)C. The first-order chi connectivity index (χ1) is 28.0. The summed E-state index contributed by atoms with van der Waals surface area (Å²) in [5.74, 6) is 7.58. The average Bonchev–Trinajstić information content (AvgIpc) is 4.07. The molecule has 300 valence electrons. The number of aromatic amines is 2. The number of aromatic nitrogens is 5. The molecule has 2 aromatic carbocycles. The van der Waals surface area contributed by atoms with Crippen molar-refractivity contribution in [3.8, 4) is 34.4 Å². The van der Waals surface area contributed by atoms with Gasteiger partial charge in [-0.1, -0.05) is 57.7 Å². The molecule has 0 aliphatic carbocycles. The lowest BCUT2D eigenvalue weighted by Gasteiger charge is -2.30. The predicted octanol–water partition coefficient (Wildman–Crippen LogP) is 5.89. The molecule has 0 bridgehead atoms. The number of carbonyl (C=O) groups excluding carboxylic acids is 4. The van der Waals surface area contributed by atoms with Gasteiger partial charge in [-0.15, -0.1) is 0 Å². The largest absolute Gasteiger partial charge is 0.453 e. The summed E-state index contributed by atoms with van der Waals surface area (Å²) >= 11 is 0. The highest BCUT2D eigenvalue weighted by atomic mass is 16.5. The van der Waals surface area contributed by atoms with Gasteiger partial charge in [-0.25, -0.2) is 14.8 Å². The molecular weight excluding hydrogens is 735 g/mol. The Morgan fingerprint density at radius 3 is 2.16 bits per heavy atom. The number of methoxy groups -OCH3 is 1. The second kappa shape index (κ2) is 17.3. The lowest BCUT2D eigenvalue weighted by atomic mass is 10.0. The van der Waals surface area contributed by atoms with Crippen molar-refractivity contribution in [2.45, 2.75) is 77.5 Å². The number of nitrogens with one attached hydrogen (secondary N) is 4. The van der Waals surface area contributed by atoms with Crippen LogP contribution in [-0.4, -0.2) is 91.3 Å². The Balaban J connectivity index is 0.999. The van der Waals surface area contributed by atoms with Crippen molar-refractivity contribution in [3.63, 3.8) is 0 Å². The van der Waals surface area contributed by atoms with Gasteiger partial charge in [-0.2, -0.15) is 0 Å². The standard InChI is InChI=1S/C44H49N9O5/c1-26(2)38(48-25-54)42(55)52-18-6-8-36(52)41-47-24-35(50-41)32-21-31-17-14-29(20-33(31)45-22-32)11-10-28-12-15-30(16-13-28)34-23-46-40(49-34)37-9-7-19-53(37)43(56)39(27(3)4)51-44(57)58-5/h12-17,20-27,36-39H,6-9,18-19H2,1-5H3,(H,46,49)(H,47,50)(H,48,54)(H,51,57)/t36-,37-,38-,39-/m0/s1. The molecule has 0 spiro atoms. The number of carbonyl (C=O) groups is 4. The van der Waals surface area contributed by atoms with Gasteiger partial charge in [-0.3, -0.25) is 19.4 Å². The molecule has 2 fully saturated rings. The van der Waals surface area contributed by atoms with Crippen molar-refractivity contribution >= 4 is 35.2 Å². The number of likely N-dealkylation sites (tertiary alicyclic amines) is 2. The summed E-state index contributed by atoms with van der Waals surface area (Å²) < 4.78 is 4.75. The van der Waals surface area contributed by atoms with Crippen LogP contribution in [0.3, 0.4) is 0 Å². The number of rotatable bonds is 11. The monoisotopic (exact) mass is 783 g/mol. The van der Waals surface area contributed by atoms with Crippen LogP contribution in [-0.2, 0) is 19.1 Å².